The van der Waals surface area contributed by atoms with Crippen molar-refractivity contribution in [2.24, 2.45) is 0 Å². The van der Waals surface area contributed by atoms with Crippen LogP contribution in [0.15, 0.2) is 51.7 Å². The number of hydrogen-bond donors (Lipinski definition) is 0. The van der Waals surface area contributed by atoms with Crippen LogP contribution in [-0.2, 0) is 11.3 Å². The fourth-order valence-electron chi connectivity index (χ4n) is 6.08. The minimum atomic E-state index is -2.93. The van der Waals surface area contributed by atoms with Gasteiger partial charge in [-0.2, -0.15) is 8.78 Å². The third-order valence-electron chi connectivity index (χ3n) is 8.50. The van der Waals surface area contributed by atoms with E-state index < -0.39 is 23.7 Å². The number of amides is 1. The fourth-order valence-corrected chi connectivity index (χ4v) is 6.08. The molecule has 244 valence electrons. The van der Waals surface area contributed by atoms with Gasteiger partial charge in [-0.05, 0) is 95.6 Å². The van der Waals surface area contributed by atoms with Gasteiger partial charge in [-0.25, -0.2) is 14.0 Å². The van der Waals surface area contributed by atoms with Crippen molar-refractivity contribution in [1.82, 2.24) is 29.1 Å². The van der Waals surface area contributed by atoms with Crippen LogP contribution in [0.3, 0.4) is 0 Å². The number of carbonyl (C=O) groups excluding carboxylic acids is 1. The molecule has 2 aliphatic heterocycles. The summed E-state index contributed by atoms with van der Waals surface area (Å²) in [4.78, 5) is 30.6. The van der Waals surface area contributed by atoms with Gasteiger partial charge in [0.1, 0.15) is 11.4 Å². The van der Waals surface area contributed by atoms with Gasteiger partial charge in [-0.3, -0.25) is 9.13 Å². The van der Waals surface area contributed by atoms with Crippen LogP contribution >= 0.6 is 0 Å². The predicted molar refractivity (Wildman–Crippen MR) is 166 cm³/mol. The van der Waals surface area contributed by atoms with Crippen LogP contribution in [-0.4, -0.2) is 74.1 Å². The van der Waals surface area contributed by atoms with Crippen LogP contribution in [0.5, 0.6) is 0 Å². The second kappa shape index (κ2) is 12.4. The van der Waals surface area contributed by atoms with Crippen molar-refractivity contribution < 1.29 is 27.1 Å². The van der Waals surface area contributed by atoms with Crippen LogP contribution in [0.2, 0.25) is 0 Å². The number of halogens is 3. The zero-order valence-corrected chi connectivity index (χ0v) is 26.3. The summed E-state index contributed by atoms with van der Waals surface area (Å²) in [5.41, 5.74) is 3.12. The van der Waals surface area contributed by atoms with Crippen molar-refractivity contribution in [2.75, 3.05) is 33.2 Å². The quantitative estimate of drug-likeness (QED) is 0.246. The zero-order chi connectivity index (χ0) is 32.7. The first-order valence-corrected chi connectivity index (χ1v) is 15.4. The monoisotopic (exact) mass is 638 g/mol. The van der Waals surface area contributed by atoms with Crippen molar-refractivity contribution in [3.8, 4) is 11.5 Å². The van der Waals surface area contributed by atoms with Crippen molar-refractivity contribution >= 4 is 22.7 Å². The van der Waals surface area contributed by atoms with Crippen molar-refractivity contribution in [3.63, 3.8) is 0 Å². The van der Waals surface area contributed by atoms with Crippen LogP contribution in [0, 0.1) is 5.82 Å². The lowest BCUT2D eigenvalue weighted by Crippen LogP contribution is -2.39. The van der Waals surface area contributed by atoms with E-state index in [1.807, 2.05) is 49.6 Å². The van der Waals surface area contributed by atoms with E-state index in [2.05, 4.69) is 22.1 Å². The van der Waals surface area contributed by atoms with Gasteiger partial charge in [-0.1, -0.05) is 18.2 Å². The molecule has 2 aromatic carbocycles. The molecule has 0 radical (unpaired) electrons. The number of benzene rings is 2. The third-order valence-corrected chi connectivity index (χ3v) is 8.50. The maximum absolute atomic E-state index is 15.4. The number of likely N-dealkylation sites (tertiary alicyclic amines) is 1. The molecule has 0 atom stereocenters. The highest BCUT2D eigenvalue weighted by molar-refractivity contribution is 5.83. The molecule has 1 amide bonds. The van der Waals surface area contributed by atoms with E-state index in [9.17, 15) is 18.4 Å². The van der Waals surface area contributed by atoms with E-state index in [1.165, 1.54) is 12.1 Å². The van der Waals surface area contributed by atoms with Gasteiger partial charge in [-0.15, -0.1) is 10.2 Å². The maximum atomic E-state index is 15.4. The van der Waals surface area contributed by atoms with E-state index in [0.717, 1.165) is 48.7 Å². The van der Waals surface area contributed by atoms with Crippen molar-refractivity contribution in [1.29, 1.82) is 0 Å². The fraction of sp³-hybridized carbons (Fsp3) is 0.455. The molecule has 4 aromatic rings. The number of carbonyl (C=O) groups is 1. The lowest BCUT2D eigenvalue weighted by molar-refractivity contribution is 0.0270. The number of imidazole rings is 1. The van der Waals surface area contributed by atoms with E-state index >= 15 is 4.39 Å². The molecule has 46 heavy (non-hydrogen) atoms. The minimum Gasteiger partial charge on any atom is -0.444 e. The Hall–Kier alpha value is -4.39. The first-order valence-electron chi connectivity index (χ1n) is 15.4. The molecule has 13 heteroatoms. The first kappa shape index (κ1) is 31.6. The van der Waals surface area contributed by atoms with Crippen LogP contribution < -0.4 is 5.69 Å². The minimum absolute atomic E-state index is 0.0144. The number of aromatic nitrogens is 4. The topological polar surface area (TPSA) is 98.6 Å². The Bertz CT molecular complexity index is 1850. The SMILES string of the molecule is CN1CCC(n2c(=O)n(Cc3ccc(-c4nnc(C(F)F)o4)cc3F)c3ccc(C4=CCN(C(=O)OC(C)(C)C)CC4)cc32)CC1. The van der Waals surface area contributed by atoms with Gasteiger partial charge in [0.15, 0.2) is 0 Å². The number of fused-ring (bicyclic) bond motifs is 1. The Morgan fingerprint density at radius 1 is 1.04 bits per heavy atom. The number of rotatable bonds is 6. The molecule has 0 spiro atoms. The largest absolute Gasteiger partial charge is 0.444 e. The molecule has 0 N–H and O–H groups in total. The summed E-state index contributed by atoms with van der Waals surface area (Å²) in [5.74, 6) is -1.67. The number of alkyl halides is 2. The van der Waals surface area contributed by atoms with E-state index in [0.29, 0.717) is 25.0 Å². The Kier molecular flexibility index (Phi) is 8.53. The van der Waals surface area contributed by atoms with E-state index in [4.69, 9.17) is 9.15 Å². The van der Waals surface area contributed by atoms with Crippen molar-refractivity contribution in [3.05, 3.63) is 75.8 Å². The van der Waals surface area contributed by atoms with Gasteiger partial charge in [0.2, 0.25) is 5.89 Å². The zero-order valence-electron chi connectivity index (χ0n) is 26.3. The molecule has 4 heterocycles. The van der Waals surface area contributed by atoms with E-state index in [-0.39, 0.29) is 41.4 Å². The molecule has 10 nitrogen and oxygen atoms in total. The number of hydrogen-bond acceptors (Lipinski definition) is 7. The van der Waals surface area contributed by atoms with E-state index in [1.54, 1.807) is 9.47 Å². The maximum Gasteiger partial charge on any atom is 0.410 e. The van der Waals surface area contributed by atoms with Gasteiger partial charge in [0.05, 0.1) is 17.6 Å². The first-order chi connectivity index (χ1) is 21.9. The van der Waals surface area contributed by atoms with Crippen LogP contribution in [0.25, 0.3) is 28.1 Å². The molecule has 1 fully saturated rings. The summed E-state index contributed by atoms with van der Waals surface area (Å²) < 4.78 is 55.1. The molecule has 0 unspecified atom stereocenters. The molecule has 6 rings (SSSR count). The predicted octanol–water partition coefficient (Wildman–Crippen LogP) is 6.27. The smallest absolute Gasteiger partial charge is 0.410 e. The Labute approximate surface area is 264 Å². The molecular formula is C33H37F3N6O4. The Balaban J connectivity index is 1.33. The van der Waals surface area contributed by atoms with Gasteiger partial charge in [0, 0.05) is 30.3 Å². The molecule has 2 aliphatic rings. The van der Waals surface area contributed by atoms with Gasteiger partial charge < -0.3 is 19.0 Å². The lowest BCUT2D eigenvalue weighted by Gasteiger charge is -2.30. The Morgan fingerprint density at radius 2 is 1.78 bits per heavy atom. The summed E-state index contributed by atoms with van der Waals surface area (Å²) in [6, 6.07) is 10.0. The number of piperidine rings is 1. The van der Waals surface area contributed by atoms with Crippen molar-refractivity contribution in [2.45, 2.75) is 64.6 Å². The Morgan fingerprint density at radius 3 is 2.41 bits per heavy atom. The molecule has 0 bridgehead atoms. The summed E-state index contributed by atoms with van der Waals surface area (Å²) in [6.07, 6.45) is 0.999. The molecule has 0 aliphatic carbocycles. The summed E-state index contributed by atoms with van der Waals surface area (Å²) in [7, 11) is 2.06. The number of ether oxygens (including phenoxy) is 1. The number of nitrogens with zero attached hydrogens (tertiary/aromatic N) is 6. The summed E-state index contributed by atoms with van der Waals surface area (Å²) in [5, 5.41) is 6.90. The highest BCUT2D eigenvalue weighted by Crippen LogP contribution is 2.31. The average Bonchev–Trinajstić information content (AvgIpc) is 3.61. The standard InChI is InChI=1S/C33H37F3N6O4/c1-33(2,3)46-32(44)40-15-9-20(10-16-40)21-7-8-26-27(18-21)42(24-11-13-39(4)14-12-24)31(43)41(26)19-23-6-5-22(17-25(23)34)29-37-38-30(45-29)28(35)36/h5-9,17-18,24,28H,10-16,19H2,1-4H3. The highest BCUT2D eigenvalue weighted by atomic mass is 19.3. The van der Waals surface area contributed by atoms with Crippen LogP contribution in [0.1, 0.15) is 69.5 Å². The average molecular weight is 639 g/mol. The highest BCUT2D eigenvalue weighted by Gasteiger charge is 2.27. The third kappa shape index (κ3) is 6.46. The lowest BCUT2D eigenvalue weighted by atomic mass is 9.98. The summed E-state index contributed by atoms with van der Waals surface area (Å²) in [6.45, 7) is 8.15. The second-order valence-electron chi connectivity index (χ2n) is 12.9. The normalized spacial score (nSPS) is 16.8. The van der Waals surface area contributed by atoms with Crippen LogP contribution in [0.4, 0.5) is 18.0 Å². The van der Waals surface area contributed by atoms with Gasteiger partial charge >= 0.3 is 18.2 Å². The second-order valence-corrected chi connectivity index (χ2v) is 12.9. The van der Waals surface area contributed by atoms with Gasteiger partial charge in [0.25, 0.3) is 5.89 Å². The summed E-state index contributed by atoms with van der Waals surface area (Å²) >= 11 is 0. The molecule has 1 saturated heterocycles. The molecule has 0 saturated carbocycles. The molecule has 2 aromatic heterocycles. The molecular weight excluding hydrogens is 601 g/mol.